The third-order valence-corrected chi connectivity index (χ3v) is 4.69. The molecular formula is C20H38O4S. The topological polar surface area (TPSA) is 66.8 Å². The Morgan fingerprint density at radius 1 is 0.840 bits per heavy atom. The average Bonchev–Trinajstić information content (AvgIpc) is 2.58. The Morgan fingerprint density at radius 3 is 1.64 bits per heavy atom. The van der Waals surface area contributed by atoms with E-state index < -0.39 is 12.1 Å². The SMILES string of the molecule is CCCCCCCCCCCCCCCCOC(=S)CC(O)C(=O)O. The van der Waals surface area contributed by atoms with Gasteiger partial charge in [0.1, 0.15) is 0 Å². The molecule has 0 aliphatic heterocycles. The maximum absolute atomic E-state index is 10.5. The van der Waals surface area contributed by atoms with Crippen molar-refractivity contribution in [1.82, 2.24) is 0 Å². The molecule has 0 heterocycles. The Kier molecular flexibility index (Phi) is 17.6. The monoisotopic (exact) mass is 374 g/mol. The van der Waals surface area contributed by atoms with Crippen LogP contribution in [0.15, 0.2) is 0 Å². The van der Waals surface area contributed by atoms with Crippen LogP contribution in [0.4, 0.5) is 0 Å². The molecule has 0 spiro atoms. The van der Waals surface area contributed by atoms with Crippen molar-refractivity contribution in [3.63, 3.8) is 0 Å². The zero-order valence-electron chi connectivity index (χ0n) is 16.0. The zero-order chi connectivity index (χ0) is 18.8. The van der Waals surface area contributed by atoms with Crippen LogP contribution in [0.3, 0.4) is 0 Å². The third kappa shape index (κ3) is 17.9. The fourth-order valence-corrected chi connectivity index (χ4v) is 3.03. The molecule has 25 heavy (non-hydrogen) atoms. The van der Waals surface area contributed by atoms with Crippen LogP contribution in [-0.4, -0.2) is 33.9 Å². The molecule has 0 aromatic rings. The molecule has 148 valence electrons. The van der Waals surface area contributed by atoms with E-state index >= 15 is 0 Å². The second-order valence-corrected chi connectivity index (χ2v) is 7.33. The van der Waals surface area contributed by atoms with Crippen LogP contribution >= 0.6 is 12.2 Å². The van der Waals surface area contributed by atoms with Gasteiger partial charge >= 0.3 is 5.97 Å². The van der Waals surface area contributed by atoms with Gasteiger partial charge in [-0.1, -0.05) is 90.4 Å². The van der Waals surface area contributed by atoms with E-state index in [2.05, 4.69) is 6.92 Å². The summed E-state index contributed by atoms with van der Waals surface area (Å²) in [4.78, 5) is 10.5. The molecule has 0 rings (SSSR count). The van der Waals surface area contributed by atoms with Crippen molar-refractivity contribution in [3.05, 3.63) is 0 Å². The van der Waals surface area contributed by atoms with Crippen molar-refractivity contribution in [2.24, 2.45) is 0 Å². The number of aliphatic hydroxyl groups is 1. The van der Waals surface area contributed by atoms with Gasteiger partial charge in [0, 0.05) is 0 Å². The molecule has 0 saturated carbocycles. The predicted octanol–water partition coefficient (Wildman–Crippen LogP) is 5.65. The number of carbonyl (C=O) groups is 1. The van der Waals surface area contributed by atoms with Gasteiger partial charge in [-0.3, -0.25) is 0 Å². The maximum Gasteiger partial charge on any atom is 0.333 e. The van der Waals surface area contributed by atoms with E-state index in [4.69, 9.17) is 27.2 Å². The van der Waals surface area contributed by atoms with Crippen molar-refractivity contribution in [3.8, 4) is 0 Å². The lowest BCUT2D eigenvalue weighted by Crippen LogP contribution is -2.23. The molecule has 0 amide bonds. The number of rotatable bonds is 18. The van der Waals surface area contributed by atoms with E-state index in [0.717, 1.165) is 12.8 Å². The number of hydrogen-bond acceptors (Lipinski definition) is 4. The van der Waals surface area contributed by atoms with Crippen molar-refractivity contribution >= 4 is 23.2 Å². The second kappa shape index (κ2) is 18.1. The molecule has 5 heteroatoms. The first-order valence-electron chi connectivity index (χ1n) is 10.1. The molecule has 4 nitrogen and oxygen atoms in total. The highest BCUT2D eigenvalue weighted by Crippen LogP contribution is 2.13. The molecule has 0 saturated heterocycles. The van der Waals surface area contributed by atoms with E-state index in [-0.39, 0.29) is 11.5 Å². The van der Waals surface area contributed by atoms with Crippen molar-refractivity contribution in [1.29, 1.82) is 0 Å². The highest BCUT2D eigenvalue weighted by atomic mass is 32.1. The standard InChI is InChI=1S/C20H38O4S/c1-2-3-4-5-6-7-8-9-10-11-12-13-14-15-16-24-19(25)17-18(21)20(22)23/h18,21H,2-17H2,1H3,(H,22,23). The van der Waals surface area contributed by atoms with Gasteiger partial charge < -0.3 is 14.9 Å². The molecule has 0 aliphatic carbocycles. The first-order valence-corrected chi connectivity index (χ1v) is 10.5. The molecule has 0 bridgehead atoms. The molecule has 0 aromatic heterocycles. The summed E-state index contributed by atoms with van der Waals surface area (Å²) >= 11 is 4.90. The molecule has 1 unspecified atom stereocenters. The molecule has 0 aliphatic rings. The summed E-state index contributed by atoms with van der Waals surface area (Å²) in [5.41, 5.74) is 0. The van der Waals surface area contributed by atoms with Gasteiger partial charge in [-0.05, 0) is 18.6 Å². The Morgan fingerprint density at radius 2 is 1.24 bits per heavy atom. The van der Waals surface area contributed by atoms with Crippen molar-refractivity contribution in [2.75, 3.05) is 6.61 Å². The van der Waals surface area contributed by atoms with E-state index in [9.17, 15) is 4.79 Å². The van der Waals surface area contributed by atoms with Crippen LogP contribution < -0.4 is 0 Å². The van der Waals surface area contributed by atoms with Crippen LogP contribution in [0.25, 0.3) is 0 Å². The lowest BCUT2D eigenvalue weighted by molar-refractivity contribution is -0.146. The molecule has 0 aromatic carbocycles. The zero-order valence-corrected chi connectivity index (χ0v) is 16.8. The summed E-state index contributed by atoms with van der Waals surface area (Å²) < 4.78 is 5.28. The van der Waals surface area contributed by atoms with Gasteiger partial charge in [-0.15, -0.1) is 0 Å². The first-order chi connectivity index (χ1) is 12.1. The number of thiocarbonyl (C=S) groups is 1. The smallest absolute Gasteiger partial charge is 0.333 e. The average molecular weight is 375 g/mol. The summed E-state index contributed by atoms with van der Waals surface area (Å²) in [7, 11) is 0. The minimum atomic E-state index is -1.45. The lowest BCUT2D eigenvalue weighted by atomic mass is 10.0. The predicted molar refractivity (Wildman–Crippen MR) is 107 cm³/mol. The first kappa shape index (κ1) is 24.3. The van der Waals surface area contributed by atoms with Gasteiger partial charge in [0.25, 0.3) is 0 Å². The summed E-state index contributed by atoms with van der Waals surface area (Å²) in [5, 5.41) is 17.9. The normalized spacial score (nSPS) is 12.1. The van der Waals surface area contributed by atoms with Crippen molar-refractivity contribution in [2.45, 2.75) is 109 Å². The fourth-order valence-electron chi connectivity index (χ4n) is 2.79. The van der Waals surface area contributed by atoms with Gasteiger partial charge in [0.15, 0.2) is 11.2 Å². The number of unbranched alkanes of at least 4 members (excludes halogenated alkanes) is 13. The fraction of sp³-hybridized carbons (Fsp3) is 0.900. The largest absolute Gasteiger partial charge is 0.487 e. The van der Waals surface area contributed by atoms with Crippen LogP contribution in [0.2, 0.25) is 0 Å². The Labute approximate surface area is 159 Å². The van der Waals surface area contributed by atoms with Crippen LogP contribution in [-0.2, 0) is 9.53 Å². The number of hydrogen-bond donors (Lipinski definition) is 2. The Balaban J connectivity index is 3.19. The number of ether oxygens (including phenoxy) is 1. The summed E-state index contributed by atoms with van der Waals surface area (Å²) in [5.74, 6) is -1.26. The van der Waals surface area contributed by atoms with Gasteiger partial charge in [0.05, 0.1) is 13.0 Å². The molecular weight excluding hydrogens is 336 g/mol. The molecule has 0 fully saturated rings. The van der Waals surface area contributed by atoms with E-state index in [0.29, 0.717) is 6.61 Å². The number of carboxylic acid groups (broad SMARTS) is 1. The molecule has 2 N–H and O–H groups in total. The molecule has 1 atom stereocenters. The quantitative estimate of drug-likeness (QED) is 0.240. The Bertz CT molecular complexity index is 334. The summed E-state index contributed by atoms with van der Waals surface area (Å²) in [6, 6.07) is 0. The van der Waals surface area contributed by atoms with Crippen LogP contribution in [0.5, 0.6) is 0 Å². The third-order valence-electron chi connectivity index (χ3n) is 4.41. The van der Waals surface area contributed by atoms with Gasteiger partial charge in [0.2, 0.25) is 0 Å². The Hall–Kier alpha value is -0.680. The van der Waals surface area contributed by atoms with Gasteiger partial charge in [-0.2, -0.15) is 0 Å². The van der Waals surface area contributed by atoms with E-state index in [1.807, 2.05) is 0 Å². The number of aliphatic hydroxyl groups excluding tert-OH is 1. The minimum Gasteiger partial charge on any atom is -0.487 e. The van der Waals surface area contributed by atoms with Gasteiger partial charge in [-0.25, -0.2) is 4.79 Å². The van der Waals surface area contributed by atoms with Crippen LogP contribution in [0.1, 0.15) is 103 Å². The highest BCUT2D eigenvalue weighted by Gasteiger charge is 2.15. The van der Waals surface area contributed by atoms with E-state index in [1.54, 1.807) is 0 Å². The maximum atomic E-state index is 10.5. The van der Waals surface area contributed by atoms with Crippen molar-refractivity contribution < 1.29 is 19.7 Å². The van der Waals surface area contributed by atoms with E-state index in [1.165, 1.54) is 77.0 Å². The van der Waals surface area contributed by atoms with Crippen LogP contribution in [0, 0.1) is 0 Å². The molecule has 0 radical (unpaired) electrons. The second-order valence-electron chi connectivity index (χ2n) is 6.87. The number of aliphatic carboxylic acids is 1. The highest BCUT2D eigenvalue weighted by molar-refractivity contribution is 7.80. The summed E-state index contributed by atoms with van der Waals surface area (Å²) in [6.45, 7) is 2.78. The summed E-state index contributed by atoms with van der Waals surface area (Å²) in [6.07, 6.45) is 16.7. The minimum absolute atomic E-state index is 0.108. The number of carboxylic acids is 1. The lowest BCUT2D eigenvalue weighted by Gasteiger charge is -2.09.